The minimum atomic E-state index is -0.480. The summed E-state index contributed by atoms with van der Waals surface area (Å²) in [5.74, 6) is 0.157. The van der Waals surface area contributed by atoms with E-state index in [-0.39, 0.29) is 17.9 Å². The number of nitrogens with zero attached hydrogens (tertiary/aromatic N) is 2. The van der Waals surface area contributed by atoms with Gasteiger partial charge in [-0.1, -0.05) is 6.92 Å². The molecule has 6 heteroatoms. The molecule has 1 saturated heterocycles. The molecule has 94 valence electrons. The topological polar surface area (TPSA) is 73.1 Å². The molecule has 2 atom stereocenters. The van der Waals surface area contributed by atoms with Gasteiger partial charge < -0.3 is 15.8 Å². The highest BCUT2D eigenvalue weighted by molar-refractivity contribution is 5.39. The molecule has 1 fully saturated rings. The first-order valence-electron chi connectivity index (χ1n) is 5.84. The minimum absolute atomic E-state index is 0.0728. The summed E-state index contributed by atoms with van der Waals surface area (Å²) in [7, 11) is 0. The Morgan fingerprint density at radius 1 is 1.65 bits per heavy atom. The van der Waals surface area contributed by atoms with Gasteiger partial charge in [0, 0.05) is 19.1 Å². The first-order valence-corrected chi connectivity index (χ1v) is 5.84. The smallest absolute Gasteiger partial charge is 0.222 e. The van der Waals surface area contributed by atoms with Gasteiger partial charge in [0.25, 0.3) is 0 Å². The molecular weight excluding hydrogens is 223 g/mol. The molecule has 1 aromatic rings. The minimum Gasteiger partial charge on any atom is -0.378 e. The summed E-state index contributed by atoms with van der Waals surface area (Å²) < 4.78 is 18.9. The Balaban J connectivity index is 1.95. The first kappa shape index (κ1) is 12.0. The van der Waals surface area contributed by atoms with Gasteiger partial charge in [0.15, 0.2) is 11.6 Å². The second-order valence-electron chi connectivity index (χ2n) is 4.17. The Morgan fingerprint density at radius 2 is 2.47 bits per heavy atom. The molecule has 1 aliphatic rings. The molecule has 5 nitrogen and oxygen atoms in total. The molecule has 0 spiro atoms. The van der Waals surface area contributed by atoms with Crippen molar-refractivity contribution in [1.82, 2.24) is 9.97 Å². The normalized spacial score (nSPS) is 23.9. The molecule has 2 unspecified atom stereocenters. The van der Waals surface area contributed by atoms with E-state index in [4.69, 9.17) is 10.5 Å². The lowest BCUT2D eigenvalue weighted by atomic mass is 10.00. The van der Waals surface area contributed by atoms with Crippen LogP contribution in [0.4, 0.5) is 16.2 Å². The van der Waals surface area contributed by atoms with Crippen LogP contribution in [0.5, 0.6) is 0 Å². The average molecular weight is 240 g/mol. The molecule has 2 rings (SSSR count). The van der Waals surface area contributed by atoms with Crippen LogP contribution in [0.2, 0.25) is 0 Å². The number of nitrogens with one attached hydrogen (secondary N) is 1. The summed E-state index contributed by atoms with van der Waals surface area (Å²) >= 11 is 0. The fourth-order valence-electron chi connectivity index (χ4n) is 2.11. The van der Waals surface area contributed by atoms with Crippen molar-refractivity contribution in [2.24, 2.45) is 5.92 Å². The van der Waals surface area contributed by atoms with Crippen LogP contribution in [0.25, 0.3) is 0 Å². The van der Waals surface area contributed by atoms with Gasteiger partial charge in [-0.05, 0) is 12.8 Å². The van der Waals surface area contributed by atoms with Gasteiger partial charge in [-0.15, -0.1) is 0 Å². The molecule has 0 aliphatic carbocycles. The fraction of sp³-hybridized carbons (Fsp3) is 0.636. The van der Waals surface area contributed by atoms with Gasteiger partial charge in [0.1, 0.15) is 0 Å². The Kier molecular flexibility index (Phi) is 3.73. The van der Waals surface area contributed by atoms with Crippen molar-refractivity contribution in [1.29, 1.82) is 0 Å². The summed E-state index contributed by atoms with van der Waals surface area (Å²) in [4.78, 5) is 7.40. The van der Waals surface area contributed by atoms with E-state index in [1.54, 1.807) is 0 Å². The number of rotatable bonds is 4. The number of nitrogens with two attached hydrogens (primary N) is 1. The molecule has 0 bridgehead atoms. The third-order valence-corrected chi connectivity index (χ3v) is 3.04. The quantitative estimate of drug-likeness (QED) is 0.832. The standard InChI is InChI=1S/C11H17FN4O/c1-2-9-7(3-4-17-9)5-14-10-8(12)6-15-11(13)16-10/h6-7,9H,2-5H2,1H3,(H3,13,14,15,16). The summed E-state index contributed by atoms with van der Waals surface area (Å²) in [5.41, 5.74) is 5.41. The summed E-state index contributed by atoms with van der Waals surface area (Å²) in [5, 5.41) is 2.97. The molecule has 1 aromatic heterocycles. The molecule has 3 N–H and O–H groups in total. The third-order valence-electron chi connectivity index (χ3n) is 3.04. The predicted molar refractivity (Wildman–Crippen MR) is 63.0 cm³/mol. The summed E-state index contributed by atoms with van der Waals surface area (Å²) in [6.45, 7) is 3.51. The second kappa shape index (κ2) is 5.27. The molecule has 0 radical (unpaired) electrons. The van der Waals surface area contributed by atoms with E-state index in [9.17, 15) is 4.39 Å². The van der Waals surface area contributed by atoms with Crippen molar-refractivity contribution in [2.45, 2.75) is 25.9 Å². The molecule has 0 amide bonds. The highest BCUT2D eigenvalue weighted by Gasteiger charge is 2.26. The summed E-state index contributed by atoms with van der Waals surface area (Å²) in [6.07, 6.45) is 3.30. The number of nitrogen functional groups attached to an aromatic ring is 1. The summed E-state index contributed by atoms with van der Waals surface area (Å²) in [6, 6.07) is 0. The van der Waals surface area contributed by atoms with Crippen LogP contribution in [0.1, 0.15) is 19.8 Å². The predicted octanol–water partition coefficient (Wildman–Crippen LogP) is 1.42. The van der Waals surface area contributed by atoms with E-state index in [0.29, 0.717) is 12.5 Å². The number of hydrogen-bond acceptors (Lipinski definition) is 5. The van der Waals surface area contributed by atoms with Crippen LogP contribution >= 0.6 is 0 Å². The van der Waals surface area contributed by atoms with E-state index in [1.165, 1.54) is 0 Å². The second-order valence-corrected chi connectivity index (χ2v) is 4.17. The third kappa shape index (κ3) is 2.82. The largest absolute Gasteiger partial charge is 0.378 e. The maximum absolute atomic E-state index is 13.3. The lowest BCUT2D eigenvalue weighted by molar-refractivity contribution is 0.0900. The zero-order chi connectivity index (χ0) is 12.3. The van der Waals surface area contributed by atoms with Gasteiger partial charge in [-0.3, -0.25) is 0 Å². The zero-order valence-electron chi connectivity index (χ0n) is 9.82. The average Bonchev–Trinajstić information content (AvgIpc) is 2.77. The van der Waals surface area contributed by atoms with E-state index < -0.39 is 5.82 Å². The van der Waals surface area contributed by atoms with Gasteiger partial charge >= 0.3 is 0 Å². The van der Waals surface area contributed by atoms with Gasteiger partial charge in [-0.2, -0.15) is 4.98 Å². The van der Waals surface area contributed by atoms with E-state index in [2.05, 4.69) is 22.2 Å². The number of hydrogen-bond donors (Lipinski definition) is 2. The molecule has 2 heterocycles. The van der Waals surface area contributed by atoms with Crippen LogP contribution < -0.4 is 11.1 Å². The molecule has 0 saturated carbocycles. The zero-order valence-corrected chi connectivity index (χ0v) is 9.82. The van der Waals surface area contributed by atoms with Crippen molar-refractivity contribution < 1.29 is 9.13 Å². The molecule has 0 aromatic carbocycles. The molecule has 1 aliphatic heterocycles. The van der Waals surface area contributed by atoms with Crippen molar-refractivity contribution in [3.8, 4) is 0 Å². The van der Waals surface area contributed by atoms with Gasteiger partial charge in [-0.25, -0.2) is 9.37 Å². The fourth-order valence-corrected chi connectivity index (χ4v) is 2.11. The van der Waals surface area contributed by atoms with E-state index in [0.717, 1.165) is 25.6 Å². The number of anilines is 2. The van der Waals surface area contributed by atoms with Gasteiger partial charge in [0.2, 0.25) is 5.95 Å². The SMILES string of the molecule is CCC1OCCC1CNc1nc(N)ncc1F. The molecular formula is C11H17FN4O. The Bertz CT molecular complexity index is 388. The lowest BCUT2D eigenvalue weighted by Crippen LogP contribution is -2.23. The van der Waals surface area contributed by atoms with Crippen molar-refractivity contribution >= 4 is 11.8 Å². The van der Waals surface area contributed by atoms with Crippen LogP contribution in [0.3, 0.4) is 0 Å². The van der Waals surface area contributed by atoms with Crippen LogP contribution in [0, 0.1) is 11.7 Å². The lowest BCUT2D eigenvalue weighted by Gasteiger charge is -2.17. The van der Waals surface area contributed by atoms with E-state index >= 15 is 0 Å². The van der Waals surface area contributed by atoms with Crippen LogP contribution in [-0.2, 0) is 4.74 Å². The Morgan fingerprint density at radius 3 is 3.24 bits per heavy atom. The number of halogens is 1. The highest BCUT2D eigenvalue weighted by atomic mass is 19.1. The van der Waals surface area contributed by atoms with Crippen molar-refractivity contribution in [3.05, 3.63) is 12.0 Å². The maximum atomic E-state index is 13.3. The molecule has 17 heavy (non-hydrogen) atoms. The van der Waals surface area contributed by atoms with Crippen molar-refractivity contribution in [2.75, 3.05) is 24.2 Å². The highest BCUT2D eigenvalue weighted by Crippen LogP contribution is 2.24. The van der Waals surface area contributed by atoms with Crippen LogP contribution in [-0.4, -0.2) is 29.2 Å². The van der Waals surface area contributed by atoms with Gasteiger partial charge in [0.05, 0.1) is 12.3 Å². The maximum Gasteiger partial charge on any atom is 0.222 e. The number of ether oxygens (including phenoxy) is 1. The Hall–Kier alpha value is -1.43. The monoisotopic (exact) mass is 240 g/mol. The van der Waals surface area contributed by atoms with Crippen LogP contribution in [0.15, 0.2) is 6.20 Å². The Labute approximate surface area is 99.6 Å². The van der Waals surface area contributed by atoms with Crippen molar-refractivity contribution in [3.63, 3.8) is 0 Å². The number of aromatic nitrogens is 2. The first-order chi connectivity index (χ1) is 8.20. The van der Waals surface area contributed by atoms with E-state index in [1.807, 2.05) is 0 Å².